The maximum absolute atomic E-state index is 2.74. The van der Waals surface area contributed by atoms with E-state index in [1.165, 1.54) is 36.8 Å². The summed E-state index contributed by atoms with van der Waals surface area (Å²) in [6, 6.07) is 22.8. The molecule has 0 aromatic heterocycles. The molecule has 0 radical (unpaired) electrons. The number of benzene rings is 2. The van der Waals surface area contributed by atoms with Crippen LogP contribution in [0.25, 0.3) is 0 Å². The molecule has 0 bridgehead atoms. The van der Waals surface area contributed by atoms with Crippen LogP contribution in [0.5, 0.6) is 0 Å². The standard InChI is InChI=1S/C21H25N/c1-3-9-17(10-4-1)15-22(16-18-11-5-2-6-12-18)21-19-13-7-8-14-20(19)21/h1-6,9-12,19-21H,7-8,13-16H2/t19-,20-/m1/s1. The van der Waals surface area contributed by atoms with E-state index in [1.54, 1.807) is 0 Å². The Kier molecular flexibility index (Phi) is 3.99. The predicted molar refractivity (Wildman–Crippen MR) is 91.4 cm³/mol. The lowest BCUT2D eigenvalue weighted by molar-refractivity contribution is 0.226. The first-order chi connectivity index (χ1) is 10.9. The molecule has 2 aromatic carbocycles. The molecule has 114 valence electrons. The number of rotatable bonds is 5. The molecule has 0 unspecified atom stereocenters. The van der Waals surface area contributed by atoms with Gasteiger partial charge < -0.3 is 0 Å². The van der Waals surface area contributed by atoms with E-state index in [0.717, 1.165) is 31.0 Å². The Morgan fingerprint density at radius 1 is 0.682 bits per heavy atom. The van der Waals surface area contributed by atoms with Crippen molar-refractivity contribution >= 4 is 0 Å². The van der Waals surface area contributed by atoms with Crippen LogP contribution in [0.15, 0.2) is 60.7 Å². The second-order valence-electron chi connectivity index (χ2n) is 6.98. The Bertz CT molecular complexity index is 538. The number of hydrogen-bond donors (Lipinski definition) is 0. The van der Waals surface area contributed by atoms with Gasteiger partial charge in [-0.25, -0.2) is 0 Å². The van der Waals surface area contributed by atoms with Gasteiger partial charge in [-0.2, -0.15) is 0 Å². The minimum atomic E-state index is 0.822. The van der Waals surface area contributed by atoms with Crippen molar-refractivity contribution in [3.05, 3.63) is 71.8 Å². The van der Waals surface area contributed by atoms with Crippen LogP contribution in [-0.4, -0.2) is 10.9 Å². The highest BCUT2D eigenvalue weighted by Crippen LogP contribution is 2.53. The van der Waals surface area contributed by atoms with Gasteiger partial charge in [0.05, 0.1) is 0 Å². The van der Waals surface area contributed by atoms with Crippen LogP contribution < -0.4 is 0 Å². The lowest BCUT2D eigenvalue weighted by Crippen LogP contribution is -2.27. The van der Waals surface area contributed by atoms with E-state index < -0.39 is 0 Å². The summed E-state index contributed by atoms with van der Waals surface area (Å²) in [6.07, 6.45) is 5.80. The first-order valence-electron chi connectivity index (χ1n) is 8.74. The minimum Gasteiger partial charge on any atom is -0.291 e. The number of hydrogen-bond acceptors (Lipinski definition) is 1. The second kappa shape index (κ2) is 6.26. The fourth-order valence-electron chi connectivity index (χ4n) is 4.40. The van der Waals surface area contributed by atoms with E-state index >= 15 is 0 Å². The Morgan fingerprint density at radius 3 is 1.59 bits per heavy atom. The number of fused-ring (bicyclic) bond motifs is 1. The average Bonchev–Trinajstić information content (AvgIpc) is 3.30. The lowest BCUT2D eigenvalue weighted by Gasteiger charge is -2.23. The smallest absolute Gasteiger partial charge is 0.0240 e. The van der Waals surface area contributed by atoms with Crippen molar-refractivity contribution in [1.29, 1.82) is 0 Å². The first-order valence-corrected chi connectivity index (χ1v) is 8.74. The van der Waals surface area contributed by atoms with Crippen molar-refractivity contribution < 1.29 is 0 Å². The molecule has 0 aliphatic heterocycles. The van der Waals surface area contributed by atoms with Gasteiger partial charge >= 0.3 is 0 Å². The molecule has 22 heavy (non-hydrogen) atoms. The summed E-state index contributed by atoms with van der Waals surface area (Å²) >= 11 is 0. The summed E-state index contributed by atoms with van der Waals surface area (Å²) in [5.41, 5.74) is 2.89. The van der Waals surface area contributed by atoms with E-state index in [0.29, 0.717) is 0 Å². The van der Waals surface area contributed by atoms with Gasteiger partial charge in [-0.05, 0) is 35.8 Å². The second-order valence-corrected chi connectivity index (χ2v) is 6.98. The van der Waals surface area contributed by atoms with Gasteiger partial charge in [0.25, 0.3) is 0 Å². The molecule has 2 aromatic rings. The fourth-order valence-corrected chi connectivity index (χ4v) is 4.40. The van der Waals surface area contributed by atoms with Crippen LogP contribution in [0.4, 0.5) is 0 Å². The molecule has 2 aliphatic rings. The van der Waals surface area contributed by atoms with Gasteiger partial charge in [0, 0.05) is 19.1 Å². The fraction of sp³-hybridized carbons (Fsp3) is 0.429. The van der Waals surface area contributed by atoms with Crippen molar-refractivity contribution in [2.24, 2.45) is 11.8 Å². The van der Waals surface area contributed by atoms with Gasteiger partial charge in [-0.15, -0.1) is 0 Å². The summed E-state index contributed by atoms with van der Waals surface area (Å²) in [5, 5.41) is 0. The summed E-state index contributed by atoms with van der Waals surface area (Å²) in [5.74, 6) is 1.95. The number of nitrogens with zero attached hydrogens (tertiary/aromatic N) is 1. The Morgan fingerprint density at radius 2 is 1.14 bits per heavy atom. The highest BCUT2D eigenvalue weighted by Gasteiger charge is 2.53. The maximum atomic E-state index is 2.74. The molecule has 1 heteroatoms. The maximum Gasteiger partial charge on any atom is 0.0240 e. The summed E-state index contributed by atoms with van der Waals surface area (Å²) in [6.45, 7) is 2.18. The molecule has 2 atom stereocenters. The molecule has 0 heterocycles. The third-order valence-corrected chi connectivity index (χ3v) is 5.49. The van der Waals surface area contributed by atoms with E-state index in [2.05, 4.69) is 65.6 Å². The van der Waals surface area contributed by atoms with Crippen molar-refractivity contribution in [3.63, 3.8) is 0 Å². The summed E-state index contributed by atoms with van der Waals surface area (Å²) < 4.78 is 0. The molecular formula is C21H25N. The molecule has 0 amide bonds. The zero-order chi connectivity index (χ0) is 14.8. The SMILES string of the molecule is c1ccc(CN(Cc2ccccc2)C2[C@@H]3CCCC[C@@H]23)cc1. The van der Waals surface area contributed by atoms with E-state index in [4.69, 9.17) is 0 Å². The molecular weight excluding hydrogens is 266 g/mol. The third-order valence-electron chi connectivity index (χ3n) is 5.49. The van der Waals surface area contributed by atoms with Crippen LogP contribution in [0.3, 0.4) is 0 Å². The summed E-state index contributed by atoms with van der Waals surface area (Å²) in [7, 11) is 0. The van der Waals surface area contributed by atoms with E-state index in [-0.39, 0.29) is 0 Å². The average molecular weight is 291 g/mol. The monoisotopic (exact) mass is 291 g/mol. The molecule has 0 N–H and O–H groups in total. The molecule has 4 rings (SSSR count). The summed E-state index contributed by atoms with van der Waals surface area (Å²) in [4.78, 5) is 2.74. The zero-order valence-electron chi connectivity index (χ0n) is 13.2. The van der Waals surface area contributed by atoms with Crippen LogP contribution >= 0.6 is 0 Å². The van der Waals surface area contributed by atoms with Crippen molar-refractivity contribution in [1.82, 2.24) is 4.90 Å². The van der Waals surface area contributed by atoms with Gasteiger partial charge in [-0.1, -0.05) is 73.5 Å². The van der Waals surface area contributed by atoms with Gasteiger partial charge in [0.1, 0.15) is 0 Å². The molecule has 2 fully saturated rings. The van der Waals surface area contributed by atoms with Crippen LogP contribution in [0, 0.1) is 11.8 Å². The normalized spacial score (nSPS) is 26.7. The van der Waals surface area contributed by atoms with Crippen molar-refractivity contribution in [3.8, 4) is 0 Å². The van der Waals surface area contributed by atoms with Crippen molar-refractivity contribution in [2.75, 3.05) is 0 Å². The Labute approximate surface area is 134 Å². The van der Waals surface area contributed by atoms with Crippen molar-refractivity contribution in [2.45, 2.75) is 44.8 Å². The van der Waals surface area contributed by atoms with Gasteiger partial charge in [-0.3, -0.25) is 4.90 Å². The van der Waals surface area contributed by atoms with Crippen LogP contribution in [0.2, 0.25) is 0 Å². The molecule has 0 spiro atoms. The van der Waals surface area contributed by atoms with E-state index in [9.17, 15) is 0 Å². The molecule has 2 saturated carbocycles. The highest BCUT2D eigenvalue weighted by molar-refractivity contribution is 5.19. The lowest BCUT2D eigenvalue weighted by atomic mass is 10.0. The van der Waals surface area contributed by atoms with Crippen LogP contribution in [0.1, 0.15) is 36.8 Å². The zero-order valence-corrected chi connectivity index (χ0v) is 13.2. The van der Waals surface area contributed by atoms with E-state index in [1.807, 2.05) is 0 Å². The Balaban J connectivity index is 1.52. The molecule has 0 saturated heterocycles. The molecule has 1 nitrogen and oxygen atoms in total. The third kappa shape index (κ3) is 2.96. The quantitative estimate of drug-likeness (QED) is 0.759. The largest absolute Gasteiger partial charge is 0.291 e. The van der Waals surface area contributed by atoms with Gasteiger partial charge in [0.15, 0.2) is 0 Å². The minimum absolute atomic E-state index is 0.822. The topological polar surface area (TPSA) is 3.24 Å². The predicted octanol–water partition coefficient (Wildman–Crippen LogP) is 4.88. The first kappa shape index (κ1) is 14.0. The Hall–Kier alpha value is -1.60. The van der Waals surface area contributed by atoms with Crippen LogP contribution in [-0.2, 0) is 13.1 Å². The van der Waals surface area contributed by atoms with Gasteiger partial charge in [0.2, 0.25) is 0 Å². The molecule has 2 aliphatic carbocycles. The highest BCUT2D eigenvalue weighted by atomic mass is 15.2.